The van der Waals surface area contributed by atoms with Gasteiger partial charge in [0.2, 0.25) is 0 Å². The molecule has 0 bridgehead atoms. The largest absolute Gasteiger partial charge is 0.508 e. The van der Waals surface area contributed by atoms with Crippen molar-refractivity contribution < 1.29 is 10.2 Å². The summed E-state index contributed by atoms with van der Waals surface area (Å²) >= 11 is 0. The molecule has 0 aliphatic carbocycles. The summed E-state index contributed by atoms with van der Waals surface area (Å²) in [6.07, 6.45) is 4.04. The van der Waals surface area contributed by atoms with Crippen molar-refractivity contribution in [2.45, 2.75) is 6.10 Å². The first-order valence-corrected chi connectivity index (χ1v) is 3.17. The Morgan fingerprint density at radius 3 is 2.73 bits per heavy atom. The molecule has 56 valence electrons. The van der Waals surface area contributed by atoms with Gasteiger partial charge < -0.3 is 10.2 Å². The van der Waals surface area contributed by atoms with E-state index in [9.17, 15) is 0 Å². The number of aliphatic hydroxyl groups is 1. The van der Waals surface area contributed by atoms with Crippen LogP contribution in [0.1, 0.15) is 11.7 Å². The van der Waals surface area contributed by atoms with Crippen molar-refractivity contribution in [1.29, 1.82) is 0 Å². The highest BCUT2D eigenvalue weighted by molar-refractivity contribution is 5.31. The van der Waals surface area contributed by atoms with Gasteiger partial charge in [-0.3, -0.25) is 0 Å². The zero-order valence-electron chi connectivity index (χ0n) is 5.86. The van der Waals surface area contributed by atoms with E-state index < -0.39 is 6.10 Å². The number of hydrogen-bond donors (Lipinski definition) is 2. The molecule has 0 aliphatic heterocycles. The van der Waals surface area contributed by atoms with Crippen molar-refractivity contribution in [1.82, 2.24) is 0 Å². The molecule has 11 heavy (non-hydrogen) atoms. The Morgan fingerprint density at radius 1 is 1.45 bits per heavy atom. The third kappa shape index (κ3) is 1.73. The van der Waals surface area contributed by atoms with Gasteiger partial charge in [-0.1, -0.05) is 18.1 Å². The molecule has 2 heteroatoms. The van der Waals surface area contributed by atoms with Gasteiger partial charge in [0.1, 0.15) is 11.9 Å². The Bertz CT molecular complexity index is 286. The summed E-state index contributed by atoms with van der Waals surface area (Å²) in [5, 5.41) is 18.1. The number of hydrogen-bond acceptors (Lipinski definition) is 2. The van der Waals surface area contributed by atoms with Gasteiger partial charge in [0, 0.05) is 0 Å². The zero-order chi connectivity index (χ0) is 8.27. The summed E-state index contributed by atoms with van der Waals surface area (Å²) in [5.41, 5.74) is 0.535. The van der Waals surface area contributed by atoms with Crippen molar-refractivity contribution in [2.75, 3.05) is 0 Å². The normalized spacial score (nSPS) is 12.0. The maximum atomic E-state index is 9.11. The smallest absolute Gasteiger partial charge is 0.140 e. The van der Waals surface area contributed by atoms with E-state index in [4.69, 9.17) is 16.6 Å². The average Bonchev–Trinajstić information content (AvgIpc) is 2.03. The van der Waals surface area contributed by atoms with Crippen molar-refractivity contribution >= 4 is 0 Å². The van der Waals surface area contributed by atoms with Crippen LogP contribution in [0.5, 0.6) is 5.75 Å². The molecule has 0 radical (unpaired) electrons. The van der Waals surface area contributed by atoms with E-state index >= 15 is 0 Å². The lowest BCUT2D eigenvalue weighted by atomic mass is 10.1. The van der Waals surface area contributed by atoms with Crippen LogP contribution in [-0.4, -0.2) is 10.2 Å². The molecular weight excluding hydrogens is 140 g/mol. The third-order valence-corrected chi connectivity index (χ3v) is 1.34. The lowest BCUT2D eigenvalue weighted by Crippen LogP contribution is -1.91. The van der Waals surface area contributed by atoms with Crippen LogP contribution in [-0.2, 0) is 0 Å². The molecule has 1 rings (SSSR count). The average molecular weight is 148 g/mol. The summed E-state index contributed by atoms with van der Waals surface area (Å²) in [6, 6.07) is 6.24. The maximum absolute atomic E-state index is 9.11. The predicted molar refractivity (Wildman–Crippen MR) is 41.9 cm³/mol. The highest BCUT2D eigenvalue weighted by Crippen LogP contribution is 2.16. The minimum absolute atomic E-state index is 0.108. The first-order valence-electron chi connectivity index (χ1n) is 3.17. The van der Waals surface area contributed by atoms with Gasteiger partial charge in [0.05, 0.1) is 0 Å². The number of aliphatic hydroxyl groups excluding tert-OH is 1. The molecule has 0 amide bonds. The van der Waals surface area contributed by atoms with Crippen molar-refractivity contribution in [2.24, 2.45) is 0 Å². The molecule has 0 fully saturated rings. The van der Waals surface area contributed by atoms with Crippen LogP contribution in [0, 0.1) is 12.3 Å². The van der Waals surface area contributed by atoms with E-state index in [1.165, 1.54) is 12.1 Å². The SMILES string of the molecule is C#CC(O)c1cccc(O)c1. The molecule has 0 saturated carbocycles. The minimum atomic E-state index is -0.929. The quantitative estimate of drug-likeness (QED) is 0.584. The lowest BCUT2D eigenvalue weighted by molar-refractivity contribution is 0.238. The van der Waals surface area contributed by atoms with E-state index in [1.807, 2.05) is 0 Å². The molecule has 2 nitrogen and oxygen atoms in total. The Kier molecular flexibility index (Phi) is 2.15. The summed E-state index contributed by atoms with van der Waals surface area (Å²) in [6.45, 7) is 0. The fourth-order valence-electron chi connectivity index (χ4n) is 0.791. The standard InChI is InChI=1S/C9H8O2/c1-2-9(11)7-4-3-5-8(10)6-7/h1,3-6,9-11H. The highest BCUT2D eigenvalue weighted by atomic mass is 16.3. The Morgan fingerprint density at radius 2 is 2.18 bits per heavy atom. The van der Waals surface area contributed by atoms with Crippen molar-refractivity contribution in [3.8, 4) is 18.1 Å². The highest BCUT2D eigenvalue weighted by Gasteiger charge is 2.02. The van der Waals surface area contributed by atoms with E-state index in [2.05, 4.69) is 5.92 Å². The number of phenols is 1. The lowest BCUT2D eigenvalue weighted by Gasteiger charge is -2.02. The molecule has 0 aliphatic rings. The van der Waals surface area contributed by atoms with Crippen LogP contribution >= 0.6 is 0 Å². The van der Waals surface area contributed by atoms with Crippen molar-refractivity contribution in [3.63, 3.8) is 0 Å². The predicted octanol–water partition coefficient (Wildman–Crippen LogP) is 1.06. The summed E-state index contributed by atoms with van der Waals surface area (Å²) in [7, 11) is 0. The number of rotatable bonds is 1. The van der Waals surface area contributed by atoms with Gasteiger partial charge in [-0.05, 0) is 17.7 Å². The molecule has 2 N–H and O–H groups in total. The molecule has 1 aromatic rings. The number of aromatic hydroxyl groups is 1. The Balaban J connectivity index is 2.98. The van der Waals surface area contributed by atoms with Gasteiger partial charge in [-0.25, -0.2) is 0 Å². The van der Waals surface area contributed by atoms with Crippen LogP contribution < -0.4 is 0 Å². The van der Waals surface area contributed by atoms with E-state index in [0.29, 0.717) is 5.56 Å². The first kappa shape index (κ1) is 7.64. The van der Waals surface area contributed by atoms with Gasteiger partial charge in [0.15, 0.2) is 0 Å². The topological polar surface area (TPSA) is 40.5 Å². The second-order valence-electron chi connectivity index (χ2n) is 2.16. The zero-order valence-corrected chi connectivity index (χ0v) is 5.86. The van der Waals surface area contributed by atoms with E-state index in [1.54, 1.807) is 12.1 Å². The summed E-state index contributed by atoms with van der Waals surface area (Å²) in [5.74, 6) is 2.26. The summed E-state index contributed by atoms with van der Waals surface area (Å²) < 4.78 is 0. The molecule has 1 aromatic carbocycles. The van der Waals surface area contributed by atoms with Crippen LogP contribution in [0.15, 0.2) is 24.3 Å². The van der Waals surface area contributed by atoms with E-state index in [0.717, 1.165) is 0 Å². The monoisotopic (exact) mass is 148 g/mol. The fourth-order valence-corrected chi connectivity index (χ4v) is 0.791. The summed E-state index contributed by atoms with van der Waals surface area (Å²) in [4.78, 5) is 0. The Labute approximate surface area is 65.1 Å². The third-order valence-electron chi connectivity index (χ3n) is 1.34. The number of terminal acetylenes is 1. The molecule has 1 unspecified atom stereocenters. The van der Waals surface area contributed by atoms with Gasteiger partial charge in [-0.2, -0.15) is 0 Å². The van der Waals surface area contributed by atoms with E-state index in [-0.39, 0.29) is 5.75 Å². The molecule has 0 heterocycles. The maximum Gasteiger partial charge on any atom is 0.140 e. The van der Waals surface area contributed by atoms with Crippen molar-refractivity contribution in [3.05, 3.63) is 29.8 Å². The van der Waals surface area contributed by atoms with Gasteiger partial charge in [0.25, 0.3) is 0 Å². The number of benzene rings is 1. The molecule has 1 atom stereocenters. The van der Waals surface area contributed by atoms with Crippen LogP contribution in [0.3, 0.4) is 0 Å². The second-order valence-corrected chi connectivity index (χ2v) is 2.16. The molecule has 0 aromatic heterocycles. The van der Waals surface area contributed by atoms with Crippen LogP contribution in [0.25, 0.3) is 0 Å². The first-order chi connectivity index (χ1) is 5.24. The van der Waals surface area contributed by atoms with Gasteiger partial charge >= 0.3 is 0 Å². The molecule has 0 saturated heterocycles. The molecular formula is C9H8O2. The molecule has 0 spiro atoms. The Hall–Kier alpha value is -1.46. The minimum Gasteiger partial charge on any atom is -0.508 e. The fraction of sp³-hybridized carbons (Fsp3) is 0.111. The number of phenolic OH excluding ortho intramolecular Hbond substituents is 1. The van der Waals surface area contributed by atoms with Gasteiger partial charge in [-0.15, -0.1) is 6.42 Å². The van der Waals surface area contributed by atoms with Crippen LogP contribution in [0.4, 0.5) is 0 Å². The second kappa shape index (κ2) is 3.09. The van der Waals surface area contributed by atoms with Crippen LogP contribution in [0.2, 0.25) is 0 Å².